The first kappa shape index (κ1) is 12.0. The molecule has 0 fully saturated rings. The second-order valence-electron chi connectivity index (χ2n) is 2.70. The molecule has 0 N–H and O–H groups in total. The molecule has 1 aromatic carbocycles. The van der Waals surface area contributed by atoms with Crippen LogP contribution in [-0.2, 0) is 20.6 Å². The van der Waals surface area contributed by atoms with E-state index in [1.807, 2.05) is 6.26 Å². The summed E-state index contributed by atoms with van der Waals surface area (Å²) in [6, 6.07) is 6.47. The highest BCUT2D eigenvalue weighted by Crippen LogP contribution is 2.20. The van der Waals surface area contributed by atoms with E-state index in [0.29, 0.717) is 11.3 Å². The molecule has 0 aromatic heterocycles. The van der Waals surface area contributed by atoms with Gasteiger partial charge in [0.1, 0.15) is 0 Å². The van der Waals surface area contributed by atoms with Gasteiger partial charge in [-0.2, -0.15) is 20.2 Å². The molecule has 0 radical (unpaired) electrons. The zero-order valence-electron chi connectivity index (χ0n) is 8.00. The lowest BCUT2D eigenvalue weighted by molar-refractivity contribution is 0.563. The fraction of sp³-hybridized carbons (Fsp3) is 0.222. The maximum Gasteiger partial charge on any atom is 0.292 e. The molecule has 0 heterocycles. The largest absolute Gasteiger partial charge is 0.292 e. The molecule has 1 aromatic rings. The van der Waals surface area contributed by atoms with Crippen molar-refractivity contribution in [3.8, 4) is 0 Å². The number of sulfonamides is 1. The van der Waals surface area contributed by atoms with Gasteiger partial charge >= 0.3 is 0 Å². The van der Waals surface area contributed by atoms with Crippen LogP contribution in [0.1, 0.15) is 5.56 Å². The van der Waals surface area contributed by atoms with Crippen molar-refractivity contribution in [3.05, 3.63) is 29.8 Å². The summed E-state index contributed by atoms with van der Waals surface area (Å²) in [6.07, 6.45) is 2.92. The van der Waals surface area contributed by atoms with Crippen LogP contribution < -0.4 is 0 Å². The highest BCUT2D eigenvalue weighted by atomic mass is 32.2. The monoisotopic (exact) mass is 243 g/mol. The van der Waals surface area contributed by atoms with Crippen LogP contribution in [0.4, 0.5) is 0 Å². The molecule has 0 amide bonds. The number of nitrogens with zero attached hydrogens (tertiary/aromatic N) is 1. The maximum atomic E-state index is 11.5. The maximum absolute atomic E-state index is 11.5. The van der Waals surface area contributed by atoms with E-state index < -0.39 is 10.0 Å². The normalized spacial score (nSPS) is 10.7. The number of thioether (sulfide) groups is 1. The van der Waals surface area contributed by atoms with Crippen LogP contribution in [0.3, 0.4) is 0 Å². The van der Waals surface area contributed by atoms with E-state index in [1.165, 1.54) is 17.8 Å². The van der Waals surface area contributed by atoms with Gasteiger partial charge in [-0.1, -0.05) is 22.6 Å². The fourth-order valence-corrected chi connectivity index (χ4v) is 2.70. The summed E-state index contributed by atoms with van der Waals surface area (Å²) in [7, 11) is -3.88. The first-order chi connectivity index (χ1) is 7.11. The van der Waals surface area contributed by atoms with E-state index >= 15 is 0 Å². The molecule has 0 bridgehead atoms. The molecular formula is C9H9NO3S2. The summed E-state index contributed by atoms with van der Waals surface area (Å²) >= 11 is 1.50. The fourth-order valence-electron chi connectivity index (χ4n) is 1.13. The Kier molecular flexibility index (Phi) is 4.08. The van der Waals surface area contributed by atoms with Crippen LogP contribution in [-0.4, -0.2) is 20.8 Å². The third kappa shape index (κ3) is 2.92. The van der Waals surface area contributed by atoms with Gasteiger partial charge in [0.05, 0.1) is 4.90 Å². The van der Waals surface area contributed by atoms with Gasteiger partial charge in [0.15, 0.2) is 0 Å². The van der Waals surface area contributed by atoms with E-state index in [9.17, 15) is 13.2 Å². The molecule has 1 rings (SSSR count). The number of hydrogen-bond acceptors (Lipinski definition) is 4. The van der Waals surface area contributed by atoms with E-state index in [1.54, 1.807) is 18.2 Å². The predicted octanol–water partition coefficient (Wildman–Crippen LogP) is 1.57. The lowest BCUT2D eigenvalue weighted by atomic mass is 10.2. The molecule has 0 spiro atoms. The van der Waals surface area contributed by atoms with Crippen LogP contribution in [0.25, 0.3) is 0 Å². The van der Waals surface area contributed by atoms with E-state index in [-0.39, 0.29) is 4.90 Å². The number of benzene rings is 1. The van der Waals surface area contributed by atoms with Crippen molar-refractivity contribution in [3.63, 3.8) is 0 Å². The molecule has 0 unspecified atom stereocenters. The van der Waals surface area contributed by atoms with Gasteiger partial charge in [0.2, 0.25) is 0 Å². The van der Waals surface area contributed by atoms with Crippen LogP contribution in [0.2, 0.25) is 0 Å². The van der Waals surface area contributed by atoms with Gasteiger partial charge < -0.3 is 0 Å². The highest BCUT2D eigenvalue weighted by Gasteiger charge is 2.16. The smallest absolute Gasteiger partial charge is 0.210 e. The second kappa shape index (κ2) is 5.11. The zero-order chi connectivity index (χ0) is 11.3. The molecule has 6 heteroatoms. The molecule has 15 heavy (non-hydrogen) atoms. The Morgan fingerprint density at radius 2 is 2.07 bits per heavy atom. The van der Waals surface area contributed by atoms with Crippen molar-refractivity contribution in [2.24, 2.45) is 4.40 Å². The number of carbonyl (C=O) groups excluding carboxylic acids is 1. The Balaban J connectivity index is 3.30. The van der Waals surface area contributed by atoms with E-state index in [4.69, 9.17) is 0 Å². The van der Waals surface area contributed by atoms with Crippen molar-refractivity contribution < 1.29 is 13.2 Å². The van der Waals surface area contributed by atoms with Crippen LogP contribution >= 0.6 is 11.8 Å². The summed E-state index contributed by atoms with van der Waals surface area (Å²) in [4.78, 5) is 10.1. The summed E-state index contributed by atoms with van der Waals surface area (Å²) in [5.41, 5.74) is 0.643. The SMILES string of the molecule is CSCc1ccccc1S(=O)(=O)N=C=O. The molecule has 4 nitrogen and oxygen atoms in total. The van der Waals surface area contributed by atoms with Crippen molar-refractivity contribution in [2.45, 2.75) is 10.6 Å². The molecule has 0 aliphatic rings. The van der Waals surface area contributed by atoms with E-state index in [0.717, 1.165) is 6.08 Å². The molecule has 0 aliphatic carbocycles. The Labute approximate surface area is 92.5 Å². The quantitative estimate of drug-likeness (QED) is 0.595. The molecule has 0 saturated heterocycles. The Hall–Kier alpha value is -1.10. The Bertz CT molecular complexity index is 490. The van der Waals surface area contributed by atoms with Gasteiger partial charge in [0, 0.05) is 5.75 Å². The van der Waals surface area contributed by atoms with Gasteiger partial charge in [-0.3, -0.25) is 0 Å². The summed E-state index contributed by atoms with van der Waals surface area (Å²) < 4.78 is 25.8. The summed E-state index contributed by atoms with van der Waals surface area (Å²) in [6.45, 7) is 0. The molecule has 0 aliphatic heterocycles. The standard InChI is InChI=1S/C9H9NO3S2/c1-14-6-8-4-2-3-5-9(8)15(12,13)10-7-11/h2-5H,6H2,1H3. The lowest BCUT2D eigenvalue weighted by Crippen LogP contribution is -2.00. The van der Waals surface area contributed by atoms with Gasteiger partial charge in [-0.05, 0) is 17.9 Å². The molecule has 80 valence electrons. The number of rotatable bonds is 4. The average molecular weight is 243 g/mol. The van der Waals surface area contributed by atoms with Gasteiger partial charge in [-0.25, -0.2) is 4.79 Å². The predicted molar refractivity (Wildman–Crippen MR) is 59.0 cm³/mol. The Morgan fingerprint density at radius 1 is 1.40 bits per heavy atom. The van der Waals surface area contributed by atoms with Crippen LogP contribution in [0.5, 0.6) is 0 Å². The average Bonchev–Trinajstić information content (AvgIpc) is 2.19. The first-order valence-corrected chi connectivity index (χ1v) is 6.86. The molecule has 0 saturated carbocycles. The van der Waals surface area contributed by atoms with Gasteiger partial charge in [-0.15, -0.1) is 0 Å². The van der Waals surface area contributed by atoms with Crippen molar-refractivity contribution in [1.29, 1.82) is 0 Å². The van der Waals surface area contributed by atoms with Crippen molar-refractivity contribution in [2.75, 3.05) is 6.26 Å². The number of hydrogen-bond donors (Lipinski definition) is 0. The minimum Gasteiger partial charge on any atom is -0.210 e. The first-order valence-electron chi connectivity index (χ1n) is 4.03. The number of isocyanates is 1. The summed E-state index contributed by atoms with van der Waals surface area (Å²) in [5.74, 6) is 0.559. The van der Waals surface area contributed by atoms with Crippen LogP contribution in [0, 0.1) is 0 Å². The van der Waals surface area contributed by atoms with Crippen molar-refractivity contribution >= 4 is 27.9 Å². The second-order valence-corrected chi connectivity index (χ2v) is 5.14. The zero-order valence-corrected chi connectivity index (χ0v) is 9.64. The van der Waals surface area contributed by atoms with Crippen molar-refractivity contribution in [1.82, 2.24) is 0 Å². The highest BCUT2D eigenvalue weighted by molar-refractivity contribution is 7.97. The van der Waals surface area contributed by atoms with Crippen LogP contribution in [0.15, 0.2) is 33.6 Å². The molecular weight excluding hydrogens is 234 g/mol. The summed E-state index contributed by atoms with van der Waals surface area (Å²) in [5, 5.41) is 0. The topological polar surface area (TPSA) is 63.6 Å². The Morgan fingerprint density at radius 3 is 2.67 bits per heavy atom. The van der Waals surface area contributed by atoms with Gasteiger partial charge in [0.25, 0.3) is 16.1 Å². The minimum atomic E-state index is -3.88. The third-order valence-corrected chi connectivity index (χ3v) is 3.58. The lowest BCUT2D eigenvalue weighted by Gasteiger charge is -2.04. The third-order valence-electron chi connectivity index (χ3n) is 1.71. The van der Waals surface area contributed by atoms with E-state index in [2.05, 4.69) is 4.40 Å². The molecule has 0 atom stereocenters. The minimum absolute atomic E-state index is 0.0719.